The molecular weight excluding hydrogens is 248 g/mol. The second kappa shape index (κ2) is 5.03. The predicted octanol–water partition coefficient (Wildman–Crippen LogP) is -1.60. The molecule has 0 unspecified atom stereocenters. The van der Waals surface area contributed by atoms with Gasteiger partial charge in [0.25, 0.3) is 5.08 Å². The van der Waals surface area contributed by atoms with Crippen molar-refractivity contribution in [3.05, 3.63) is 0 Å². The van der Waals surface area contributed by atoms with E-state index in [4.69, 9.17) is 19.6 Å². The number of hydrogen-bond acceptors (Lipinski definition) is 3. The molecule has 0 saturated heterocycles. The Labute approximate surface area is 86.4 Å². The molecule has 0 aromatic carbocycles. The first-order valence-electron chi connectivity index (χ1n) is 4.19. The normalized spacial score (nSPS) is 14.3. The first-order valence-corrected chi connectivity index (χ1v) is 7.41. The summed E-state index contributed by atoms with van der Waals surface area (Å²) in [6, 6.07) is 0. The molecule has 8 N–H and O–H groups in total. The fourth-order valence-electron chi connectivity index (χ4n) is 1.000. The Morgan fingerprint density at radius 2 is 1.40 bits per heavy atom. The maximum atomic E-state index is 10.8. The summed E-state index contributed by atoms with van der Waals surface area (Å²) in [6.07, 6.45) is -0.157. The zero-order valence-electron chi connectivity index (χ0n) is 7.98. The highest BCUT2D eigenvalue weighted by Gasteiger charge is 2.58. The van der Waals surface area contributed by atoms with Crippen LogP contribution in [0.3, 0.4) is 0 Å². The standard InChI is InChI=1S/C5H15NO7P2/c6-4-2-1-3-5(7,14(8,9)10)15(11,12)13/h7H,1-4,6H2,(H2,8,9,10)(H2,11,12,13)/p+1. The van der Waals surface area contributed by atoms with Crippen LogP contribution in [-0.4, -0.2) is 36.3 Å². The van der Waals surface area contributed by atoms with Crippen LogP contribution in [0.1, 0.15) is 19.3 Å². The molecule has 0 heterocycles. The highest BCUT2D eigenvalue weighted by Crippen LogP contribution is 2.69. The maximum Gasteiger partial charge on any atom is 0.369 e. The zero-order valence-corrected chi connectivity index (χ0v) is 9.77. The lowest BCUT2D eigenvalue weighted by atomic mass is 10.2. The van der Waals surface area contributed by atoms with Crippen LogP contribution in [0.2, 0.25) is 0 Å². The van der Waals surface area contributed by atoms with Gasteiger partial charge in [-0.05, 0) is 12.8 Å². The van der Waals surface area contributed by atoms with Crippen LogP contribution in [-0.2, 0) is 9.13 Å². The van der Waals surface area contributed by atoms with E-state index in [1.54, 1.807) is 0 Å². The van der Waals surface area contributed by atoms with Gasteiger partial charge in [0.15, 0.2) is 0 Å². The summed E-state index contributed by atoms with van der Waals surface area (Å²) in [5.74, 6) is 0. The highest BCUT2D eigenvalue weighted by molar-refractivity contribution is 7.72. The first kappa shape index (κ1) is 15.2. The van der Waals surface area contributed by atoms with Crippen molar-refractivity contribution in [2.24, 2.45) is 0 Å². The molecule has 0 saturated carbocycles. The van der Waals surface area contributed by atoms with Gasteiger partial charge in [0.2, 0.25) is 0 Å². The van der Waals surface area contributed by atoms with E-state index in [9.17, 15) is 14.2 Å². The fourth-order valence-corrected chi connectivity index (χ4v) is 3.26. The van der Waals surface area contributed by atoms with E-state index in [-0.39, 0.29) is 6.42 Å². The number of unbranched alkanes of at least 4 members (excludes halogenated alkanes) is 1. The third-order valence-electron chi connectivity index (χ3n) is 1.95. The van der Waals surface area contributed by atoms with E-state index in [2.05, 4.69) is 5.73 Å². The lowest BCUT2D eigenvalue weighted by molar-refractivity contribution is -0.368. The molecule has 0 aliphatic rings. The van der Waals surface area contributed by atoms with Gasteiger partial charge < -0.3 is 30.4 Å². The molecule has 0 aromatic heterocycles. The SMILES string of the molecule is [NH3+]CCCCC(O)(P(=O)(O)O)P(=O)(O)O. The Morgan fingerprint density at radius 3 is 1.67 bits per heavy atom. The summed E-state index contributed by atoms with van der Waals surface area (Å²) in [5.41, 5.74) is 3.46. The molecule has 0 aliphatic carbocycles. The van der Waals surface area contributed by atoms with E-state index >= 15 is 0 Å². The predicted molar refractivity (Wildman–Crippen MR) is 50.6 cm³/mol. The van der Waals surface area contributed by atoms with Crippen molar-refractivity contribution in [2.45, 2.75) is 24.3 Å². The minimum atomic E-state index is -5.28. The number of rotatable bonds is 6. The van der Waals surface area contributed by atoms with Gasteiger partial charge in [-0.25, -0.2) is 0 Å². The summed E-state index contributed by atoms with van der Waals surface area (Å²) in [5, 5.41) is 6.10. The second-order valence-corrected chi connectivity index (χ2v) is 7.18. The Kier molecular flexibility index (Phi) is 5.11. The van der Waals surface area contributed by atoms with Crippen molar-refractivity contribution in [1.82, 2.24) is 0 Å². The average molecular weight is 264 g/mol. The van der Waals surface area contributed by atoms with Crippen LogP contribution in [0.15, 0.2) is 0 Å². The smallest absolute Gasteiger partial charge is 0.368 e. The lowest BCUT2D eigenvalue weighted by Gasteiger charge is -2.28. The maximum absolute atomic E-state index is 10.8. The Hall–Kier alpha value is 0.220. The van der Waals surface area contributed by atoms with Crippen molar-refractivity contribution in [1.29, 1.82) is 0 Å². The molecule has 0 rings (SSSR count). The number of hydrogen-bond donors (Lipinski definition) is 6. The van der Waals surface area contributed by atoms with Crippen LogP contribution in [0.4, 0.5) is 0 Å². The van der Waals surface area contributed by atoms with Gasteiger partial charge in [0.1, 0.15) is 0 Å². The average Bonchev–Trinajstić information content (AvgIpc) is 2.00. The van der Waals surface area contributed by atoms with Gasteiger partial charge in [-0.3, -0.25) is 9.13 Å². The van der Waals surface area contributed by atoms with Gasteiger partial charge >= 0.3 is 15.2 Å². The largest absolute Gasteiger partial charge is 0.369 e. The Bertz CT molecular complexity index is 272. The van der Waals surface area contributed by atoms with Crippen LogP contribution >= 0.6 is 15.2 Å². The monoisotopic (exact) mass is 264 g/mol. The zero-order chi connectivity index (χ0) is 12.3. The minimum absolute atomic E-state index is 0.0796. The van der Waals surface area contributed by atoms with E-state index in [1.165, 1.54) is 0 Å². The summed E-state index contributed by atoms with van der Waals surface area (Å²) in [4.78, 5) is 34.9. The molecule has 0 aromatic rings. The molecule has 92 valence electrons. The van der Waals surface area contributed by atoms with Crippen molar-refractivity contribution in [3.8, 4) is 0 Å². The first-order chi connectivity index (χ1) is 6.56. The van der Waals surface area contributed by atoms with E-state index < -0.39 is 26.7 Å². The van der Waals surface area contributed by atoms with Crippen molar-refractivity contribution >= 4 is 15.2 Å². The van der Waals surface area contributed by atoms with Gasteiger partial charge in [-0.15, -0.1) is 0 Å². The molecule has 0 aliphatic heterocycles. The van der Waals surface area contributed by atoms with E-state index in [0.29, 0.717) is 13.0 Å². The van der Waals surface area contributed by atoms with Crippen LogP contribution in [0, 0.1) is 0 Å². The lowest BCUT2D eigenvalue weighted by Crippen LogP contribution is -2.50. The number of quaternary nitrogens is 1. The molecular formula is C5H16NO7P2+. The van der Waals surface area contributed by atoms with Crippen LogP contribution in [0.25, 0.3) is 0 Å². The Morgan fingerprint density at radius 1 is 1.00 bits per heavy atom. The topological polar surface area (TPSA) is 163 Å². The van der Waals surface area contributed by atoms with Crippen molar-refractivity contribution in [3.63, 3.8) is 0 Å². The molecule has 0 atom stereocenters. The Balaban J connectivity index is 4.91. The molecule has 0 fully saturated rings. The minimum Gasteiger partial charge on any atom is -0.368 e. The van der Waals surface area contributed by atoms with Crippen LogP contribution in [0.5, 0.6) is 0 Å². The molecule has 10 heteroatoms. The summed E-state index contributed by atoms with van der Waals surface area (Å²) >= 11 is 0. The molecule has 8 nitrogen and oxygen atoms in total. The van der Waals surface area contributed by atoms with Gasteiger partial charge in [0, 0.05) is 6.42 Å². The third-order valence-corrected chi connectivity index (χ3v) is 5.82. The summed E-state index contributed by atoms with van der Waals surface area (Å²) < 4.78 is 21.7. The summed E-state index contributed by atoms with van der Waals surface area (Å²) in [6.45, 7) is 0.457. The van der Waals surface area contributed by atoms with Crippen molar-refractivity contribution in [2.75, 3.05) is 6.54 Å². The quantitative estimate of drug-likeness (QED) is 0.248. The van der Waals surface area contributed by atoms with Crippen LogP contribution < -0.4 is 5.73 Å². The molecule has 0 spiro atoms. The molecule has 0 bridgehead atoms. The molecule has 0 radical (unpaired) electrons. The van der Waals surface area contributed by atoms with Gasteiger partial charge in [-0.1, -0.05) is 0 Å². The van der Waals surface area contributed by atoms with E-state index in [0.717, 1.165) is 0 Å². The van der Waals surface area contributed by atoms with Crippen molar-refractivity contribution < 1.29 is 39.5 Å². The van der Waals surface area contributed by atoms with E-state index in [1.807, 2.05) is 0 Å². The highest BCUT2D eigenvalue weighted by atomic mass is 31.2. The molecule has 0 amide bonds. The van der Waals surface area contributed by atoms with Gasteiger partial charge in [0.05, 0.1) is 6.54 Å². The van der Waals surface area contributed by atoms with Gasteiger partial charge in [-0.2, -0.15) is 0 Å². The second-order valence-electron chi connectivity index (χ2n) is 3.17. The fraction of sp³-hybridized carbons (Fsp3) is 1.00. The third kappa shape index (κ3) is 3.62. The molecule has 15 heavy (non-hydrogen) atoms. The summed E-state index contributed by atoms with van der Waals surface area (Å²) in [7, 11) is -10.6. The number of aliphatic hydroxyl groups is 1.